The summed E-state index contributed by atoms with van der Waals surface area (Å²) in [7, 11) is 0. The zero-order valence-electron chi connectivity index (χ0n) is 21.3. The van der Waals surface area contributed by atoms with Crippen LogP contribution in [0.25, 0.3) is 10.9 Å². The monoisotopic (exact) mass is 514 g/mol. The van der Waals surface area contributed by atoms with Crippen molar-refractivity contribution in [2.24, 2.45) is 0 Å². The average molecular weight is 515 g/mol. The van der Waals surface area contributed by atoms with Crippen LogP contribution in [-0.4, -0.2) is 58.2 Å². The summed E-state index contributed by atoms with van der Waals surface area (Å²) in [6.45, 7) is 3.13. The van der Waals surface area contributed by atoms with Crippen molar-refractivity contribution in [3.05, 3.63) is 76.7 Å². The number of nitrogens with one attached hydrogen (secondary N) is 1. The maximum atomic E-state index is 15.2. The number of nitrogens with zero attached hydrogens (tertiary/aromatic N) is 3. The standard InChI is InChI=1S/C30H31FN4O3/c31-25-17-24-22(18-35(30(24)38)27-7-8-28(36)33-29(27)37)16-23(25)20-9-13-34(14-10-20)12-2-3-19-5-6-26-21(15-19)4-1-11-32-26/h1,4-6,11,15-17,20,27H,2-3,7-10,12-14,18H2,(H,33,36,37). The second kappa shape index (κ2) is 10.3. The molecule has 38 heavy (non-hydrogen) atoms. The molecular weight excluding hydrogens is 483 g/mol. The number of halogens is 1. The van der Waals surface area contributed by atoms with E-state index >= 15 is 4.39 Å². The number of carbonyl (C=O) groups excluding carboxylic acids is 3. The number of benzene rings is 2. The van der Waals surface area contributed by atoms with E-state index in [-0.39, 0.29) is 36.5 Å². The molecule has 0 spiro atoms. The molecule has 0 radical (unpaired) electrons. The quantitative estimate of drug-likeness (QED) is 0.504. The van der Waals surface area contributed by atoms with E-state index in [1.165, 1.54) is 21.9 Å². The van der Waals surface area contributed by atoms with E-state index in [1.807, 2.05) is 18.3 Å². The lowest BCUT2D eigenvalue weighted by Crippen LogP contribution is -2.52. The van der Waals surface area contributed by atoms with Gasteiger partial charge in [0.1, 0.15) is 11.9 Å². The van der Waals surface area contributed by atoms with Gasteiger partial charge in [-0.3, -0.25) is 24.7 Å². The Hall–Kier alpha value is -3.65. The van der Waals surface area contributed by atoms with Crippen LogP contribution in [0, 0.1) is 5.82 Å². The molecule has 2 fully saturated rings. The fourth-order valence-electron chi connectivity index (χ4n) is 6.18. The molecule has 1 atom stereocenters. The predicted octanol–water partition coefficient (Wildman–Crippen LogP) is 3.95. The number of rotatable bonds is 6. The van der Waals surface area contributed by atoms with Crippen LogP contribution >= 0.6 is 0 Å². The van der Waals surface area contributed by atoms with Crippen molar-refractivity contribution >= 4 is 28.6 Å². The second-order valence-electron chi connectivity index (χ2n) is 10.7. The van der Waals surface area contributed by atoms with Crippen LogP contribution in [-0.2, 0) is 22.6 Å². The van der Waals surface area contributed by atoms with E-state index in [0.717, 1.165) is 56.4 Å². The van der Waals surface area contributed by atoms with Crippen LogP contribution in [0.1, 0.15) is 65.1 Å². The van der Waals surface area contributed by atoms with Gasteiger partial charge in [-0.05, 0) is 98.6 Å². The van der Waals surface area contributed by atoms with Gasteiger partial charge >= 0.3 is 0 Å². The predicted molar refractivity (Wildman–Crippen MR) is 141 cm³/mol. The van der Waals surface area contributed by atoms with Gasteiger partial charge in [-0.1, -0.05) is 18.2 Å². The summed E-state index contributed by atoms with van der Waals surface area (Å²) in [6.07, 6.45) is 6.16. The van der Waals surface area contributed by atoms with Crippen LogP contribution in [0.3, 0.4) is 0 Å². The van der Waals surface area contributed by atoms with Crippen molar-refractivity contribution < 1.29 is 18.8 Å². The number of fused-ring (bicyclic) bond motifs is 2. The molecule has 2 saturated heterocycles. The van der Waals surface area contributed by atoms with Crippen LogP contribution in [0.4, 0.5) is 4.39 Å². The third kappa shape index (κ3) is 4.80. The summed E-state index contributed by atoms with van der Waals surface area (Å²) in [5.41, 5.74) is 4.11. The first-order valence-electron chi connectivity index (χ1n) is 13.5. The molecule has 0 aliphatic carbocycles. The molecule has 1 N–H and O–H groups in total. The number of imide groups is 1. The van der Waals surface area contributed by atoms with Gasteiger partial charge in [0.25, 0.3) is 5.91 Å². The first kappa shape index (κ1) is 24.7. The molecule has 3 aromatic rings. The largest absolute Gasteiger partial charge is 0.322 e. The Morgan fingerprint density at radius 1 is 1.03 bits per heavy atom. The van der Waals surface area contributed by atoms with Crippen LogP contribution < -0.4 is 5.32 Å². The maximum absolute atomic E-state index is 15.2. The zero-order chi connectivity index (χ0) is 26.2. The summed E-state index contributed by atoms with van der Waals surface area (Å²) >= 11 is 0. The lowest BCUT2D eigenvalue weighted by atomic mass is 9.87. The Kier molecular flexibility index (Phi) is 6.66. The molecule has 7 nitrogen and oxygen atoms in total. The van der Waals surface area contributed by atoms with Gasteiger partial charge in [-0.15, -0.1) is 0 Å². The molecule has 2 aromatic carbocycles. The van der Waals surface area contributed by atoms with Gasteiger partial charge in [-0.2, -0.15) is 0 Å². The fourth-order valence-corrected chi connectivity index (χ4v) is 6.18. The third-order valence-corrected chi connectivity index (χ3v) is 8.28. The minimum Gasteiger partial charge on any atom is -0.322 e. The first-order valence-corrected chi connectivity index (χ1v) is 13.5. The molecule has 3 aliphatic rings. The highest BCUT2D eigenvalue weighted by molar-refractivity contribution is 6.05. The van der Waals surface area contributed by atoms with Gasteiger partial charge in [0.05, 0.1) is 5.52 Å². The first-order chi connectivity index (χ1) is 18.5. The van der Waals surface area contributed by atoms with E-state index in [9.17, 15) is 14.4 Å². The molecule has 3 aliphatic heterocycles. The number of likely N-dealkylation sites (tertiary alicyclic amines) is 1. The highest BCUT2D eigenvalue weighted by Gasteiger charge is 2.40. The molecule has 1 aromatic heterocycles. The normalized spacial score (nSPS) is 20.7. The molecule has 3 amide bonds. The highest BCUT2D eigenvalue weighted by Crippen LogP contribution is 2.35. The number of pyridine rings is 1. The van der Waals surface area contributed by atoms with Gasteiger partial charge in [-0.25, -0.2) is 4.39 Å². The van der Waals surface area contributed by atoms with Crippen molar-refractivity contribution in [3.63, 3.8) is 0 Å². The van der Waals surface area contributed by atoms with Crippen molar-refractivity contribution in [1.82, 2.24) is 20.1 Å². The maximum Gasteiger partial charge on any atom is 0.255 e. The van der Waals surface area contributed by atoms with Crippen LogP contribution in [0.2, 0.25) is 0 Å². The number of aryl methyl sites for hydroxylation is 1. The Morgan fingerprint density at radius 2 is 1.87 bits per heavy atom. The topological polar surface area (TPSA) is 82.6 Å². The van der Waals surface area contributed by atoms with Gasteiger partial charge in [0, 0.05) is 30.1 Å². The van der Waals surface area contributed by atoms with Gasteiger partial charge < -0.3 is 9.80 Å². The van der Waals surface area contributed by atoms with Crippen molar-refractivity contribution in [2.45, 2.75) is 57.0 Å². The highest BCUT2D eigenvalue weighted by atomic mass is 19.1. The van der Waals surface area contributed by atoms with Crippen molar-refractivity contribution in [3.8, 4) is 0 Å². The molecule has 0 saturated carbocycles. The molecule has 8 heteroatoms. The zero-order valence-corrected chi connectivity index (χ0v) is 21.3. The Labute approximate surface area is 221 Å². The Balaban J connectivity index is 1.04. The van der Waals surface area contributed by atoms with E-state index in [2.05, 4.69) is 39.5 Å². The molecule has 6 rings (SSSR count). The van der Waals surface area contributed by atoms with Crippen molar-refractivity contribution in [2.75, 3.05) is 19.6 Å². The third-order valence-electron chi connectivity index (χ3n) is 8.28. The molecule has 4 heterocycles. The number of piperidine rings is 2. The van der Waals surface area contributed by atoms with E-state index < -0.39 is 11.9 Å². The molecular formula is C30H31FN4O3. The SMILES string of the molecule is O=C1CCC(N2Cc3cc(C4CCN(CCCc5ccc6ncccc6c5)CC4)c(F)cc3C2=O)C(=O)N1. The van der Waals surface area contributed by atoms with Crippen LogP contribution in [0.15, 0.2) is 48.7 Å². The van der Waals surface area contributed by atoms with Crippen LogP contribution in [0.5, 0.6) is 0 Å². The fraction of sp³-hybridized carbons (Fsp3) is 0.400. The number of hydrogen-bond acceptors (Lipinski definition) is 5. The minimum atomic E-state index is -0.686. The number of hydrogen-bond donors (Lipinski definition) is 1. The smallest absolute Gasteiger partial charge is 0.255 e. The van der Waals surface area contributed by atoms with E-state index in [4.69, 9.17) is 0 Å². The number of carbonyl (C=O) groups is 3. The second-order valence-corrected chi connectivity index (χ2v) is 10.7. The minimum absolute atomic E-state index is 0.115. The Morgan fingerprint density at radius 3 is 2.68 bits per heavy atom. The summed E-state index contributed by atoms with van der Waals surface area (Å²) < 4.78 is 15.2. The molecule has 0 bridgehead atoms. The average Bonchev–Trinajstić information content (AvgIpc) is 3.23. The summed E-state index contributed by atoms with van der Waals surface area (Å²) in [5, 5.41) is 3.48. The van der Waals surface area contributed by atoms with Gasteiger partial charge in [0.15, 0.2) is 0 Å². The van der Waals surface area contributed by atoms with Crippen molar-refractivity contribution in [1.29, 1.82) is 0 Å². The summed E-state index contributed by atoms with van der Waals surface area (Å²) in [4.78, 5) is 45.1. The Bertz CT molecular complexity index is 1420. The van der Waals surface area contributed by atoms with E-state index in [1.54, 1.807) is 0 Å². The van der Waals surface area contributed by atoms with Gasteiger partial charge in [0.2, 0.25) is 11.8 Å². The van der Waals surface area contributed by atoms with E-state index in [0.29, 0.717) is 17.5 Å². The molecule has 1 unspecified atom stereocenters. The number of aromatic nitrogens is 1. The summed E-state index contributed by atoms with van der Waals surface area (Å²) in [6, 6.07) is 13.0. The summed E-state index contributed by atoms with van der Waals surface area (Å²) in [5.74, 6) is -1.33. The lowest BCUT2D eigenvalue weighted by molar-refractivity contribution is -0.136. The lowest BCUT2D eigenvalue weighted by Gasteiger charge is -2.32. The number of amides is 3. The molecule has 196 valence electrons.